The van der Waals surface area contributed by atoms with Crippen LogP contribution in [0.15, 0.2) is 54.6 Å². The first kappa shape index (κ1) is 11.7. The molecule has 0 bridgehead atoms. The van der Waals surface area contributed by atoms with Gasteiger partial charge in [-0.1, -0.05) is 37.3 Å². The predicted molar refractivity (Wildman–Crippen MR) is 70.2 cm³/mol. The fourth-order valence-corrected chi connectivity index (χ4v) is 1.67. The maximum atomic E-state index is 6.00. The van der Waals surface area contributed by atoms with E-state index in [0.29, 0.717) is 0 Å². The number of benzene rings is 2. The van der Waals surface area contributed by atoms with Gasteiger partial charge >= 0.3 is 0 Å². The third kappa shape index (κ3) is 3.08. The SMILES string of the molecule is CC[C@@H](N)c1cccc(Oc2ccccc2)c1. The third-order valence-electron chi connectivity index (χ3n) is 2.70. The Bertz CT molecular complexity index is 467. The van der Waals surface area contributed by atoms with Gasteiger partial charge in [-0.05, 0) is 36.2 Å². The van der Waals surface area contributed by atoms with Crippen LogP contribution < -0.4 is 10.5 Å². The first-order chi connectivity index (χ1) is 8.29. The average Bonchev–Trinajstić information content (AvgIpc) is 2.39. The zero-order valence-corrected chi connectivity index (χ0v) is 9.97. The van der Waals surface area contributed by atoms with Crippen LogP contribution in [0.25, 0.3) is 0 Å². The molecule has 0 aromatic heterocycles. The van der Waals surface area contributed by atoms with Gasteiger partial charge in [0.05, 0.1) is 0 Å². The Morgan fingerprint density at radius 2 is 1.71 bits per heavy atom. The second-order valence-corrected chi connectivity index (χ2v) is 4.00. The fraction of sp³-hybridized carbons (Fsp3) is 0.200. The van der Waals surface area contributed by atoms with E-state index < -0.39 is 0 Å². The van der Waals surface area contributed by atoms with Crippen LogP contribution >= 0.6 is 0 Å². The van der Waals surface area contributed by atoms with Crippen molar-refractivity contribution < 1.29 is 4.74 Å². The molecule has 0 spiro atoms. The van der Waals surface area contributed by atoms with Crippen LogP contribution in [0.2, 0.25) is 0 Å². The molecule has 0 aliphatic carbocycles. The third-order valence-corrected chi connectivity index (χ3v) is 2.70. The summed E-state index contributed by atoms with van der Waals surface area (Å²) in [5, 5.41) is 0. The highest BCUT2D eigenvalue weighted by atomic mass is 16.5. The monoisotopic (exact) mass is 227 g/mol. The van der Waals surface area contributed by atoms with Gasteiger partial charge in [-0.15, -0.1) is 0 Å². The number of ether oxygens (including phenoxy) is 1. The molecule has 17 heavy (non-hydrogen) atoms. The normalized spacial score (nSPS) is 12.1. The lowest BCUT2D eigenvalue weighted by atomic mass is 10.1. The Morgan fingerprint density at radius 1 is 1.00 bits per heavy atom. The highest BCUT2D eigenvalue weighted by molar-refractivity contribution is 5.34. The van der Waals surface area contributed by atoms with Gasteiger partial charge in [0.15, 0.2) is 0 Å². The molecule has 88 valence electrons. The molecule has 0 unspecified atom stereocenters. The number of hydrogen-bond acceptors (Lipinski definition) is 2. The Morgan fingerprint density at radius 3 is 2.41 bits per heavy atom. The van der Waals surface area contributed by atoms with E-state index in [-0.39, 0.29) is 6.04 Å². The Kier molecular flexibility index (Phi) is 3.78. The molecule has 0 aliphatic heterocycles. The van der Waals surface area contributed by atoms with Crippen LogP contribution in [0.4, 0.5) is 0 Å². The minimum Gasteiger partial charge on any atom is -0.457 e. The van der Waals surface area contributed by atoms with Crippen molar-refractivity contribution in [1.82, 2.24) is 0 Å². The zero-order chi connectivity index (χ0) is 12.1. The molecular weight excluding hydrogens is 210 g/mol. The van der Waals surface area contributed by atoms with Gasteiger partial charge in [0.25, 0.3) is 0 Å². The second kappa shape index (κ2) is 5.51. The van der Waals surface area contributed by atoms with Gasteiger partial charge in [0.1, 0.15) is 11.5 Å². The summed E-state index contributed by atoms with van der Waals surface area (Å²) in [6.45, 7) is 2.08. The van der Waals surface area contributed by atoms with E-state index in [1.807, 2.05) is 54.6 Å². The van der Waals surface area contributed by atoms with Crippen LogP contribution in [-0.4, -0.2) is 0 Å². The van der Waals surface area contributed by atoms with Crippen molar-refractivity contribution in [3.63, 3.8) is 0 Å². The van der Waals surface area contributed by atoms with Crippen LogP contribution in [0.3, 0.4) is 0 Å². The smallest absolute Gasteiger partial charge is 0.127 e. The lowest BCUT2D eigenvalue weighted by molar-refractivity contribution is 0.481. The molecule has 0 heterocycles. The summed E-state index contributed by atoms with van der Waals surface area (Å²) in [6, 6.07) is 17.8. The van der Waals surface area contributed by atoms with Gasteiger partial charge < -0.3 is 10.5 Å². The highest BCUT2D eigenvalue weighted by Crippen LogP contribution is 2.24. The van der Waals surface area contributed by atoms with Crippen molar-refractivity contribution in [3.8, 4) is 11.5 Å². The maximum Gasteiger partial charge on any atom is 0.127 e. The zero-order valence-electron chi connectivity index (χ0n) is 9.97. The summed E-state index contributed by atoms with van der Waals surface area (Å²) in [5.74, 6) is 1.67. The molecule has 2 heteroatoms. The molecule has 0 saturated carbocycles. The maximum absolute atomic E-state index is 6.00. The van der Waals surface area contributed by atoms with Gasteiger partial charge in [-0.25, -0.2) is 0 Å². The molecule has 0 fully saturated rings. The van der Waals surface area contributed by atoms with E-state index in [9.17, 15) is 0 Å². The number of rotatable bonds is 4. The van der Waals surface area contributed by atoms with E-state index in [0.717, 1.165) is 23.5 Å². The average molecular weight is 227 g/mol. The van der Waals surface area contributed by atoms with Crippen molar-refractivity contribution in [1.29, 1.82) is 0 Å². The quantitative estimate of drug-likeness (QED) is 0.860. The lowest BCUT2D eigenvalue weighted by Gasteiger charge is -2.11. The molecule has 0 radical (unpaired) electrons. The minimum absolute atomic E-state index is 0.0781. The van der Waals surface area contributed by atoms with Crippen LogP contribution in [0.5, 0.6) is 11.5 Å². The van der Waals surface area contributed by atoms with E-state index >= 15 is 0 Å². The Balaban J connectivity index is 2.17. The molecule has 0 amide bonds. The van der Waals surface area contributed by atoms with Gasteiger partial charge in [0.2, 0.25) is 0 Å². The lowest BCUT2D eigenvalue weighted by Crippen LogP contribution is -2.08. The largest absolute Gasteiger partial charge is 0.457 e. The minimum atomic E-state index is 0.0781. The molecule has 2 nitrogen and oxygen atoms in total. The molecule has 2 rings (SSSR count). The summed E-state index contributed by atoms with van der Waals surface area (Å²) < 4.78 is 5.76. The molecule has 2 aromatic rings. The summed E-state index contributed by atoms with van der Waals surface area (Å²) >= 11 is 0. The molecule has 0 saturated heterocycles. The first-order valence-electron chi connectivity index (χ1n) is 5.88. The Hall–Kier alpha value is -1.80. The highest BCUT2D eigenvalue weighted by Gasteiger charge is 2.04. The van der Waals surface area contributed by atoms with E-state index in [4.69, 9.17) is 10.5 Å². The number of hydrogen-bond donors (Lipinski definition) is 1. The predicted octanol–water partition coefficient (Wildman–Crippen LogP) is 3.89. The van der Waals surface area contributed by atoms with Crippen LogP contribution in [0, 0.1) is 0 Å². The van der Waals surface area contributed by atoms with Gasteiger partial charge in [-0.3, -0.25) is 0 Å². The Labute approximate surface area is 102 Å². The summed E-state index contributed by atoms with van der Waals surface area (Å²) in [5.41, 5.74) is 7.11. The van der Waals surface area contributed by atoms with Crippen LogP contribution in [0.1, 0.15) is 24.9 Å². The standard InChI is InChI=1S/C15H17NO/c1-2-15(16)12-7-6-10-14(11-12)17-13-8-4-3-5-9-13/h3-11,15H,2,16H2,1H3/t15-/m1/s1. The summed E-state index contributed by atoms with van der Waals surface area (Å²) in [7, 11) is 0. The first-order valence-corrected chi connectivity index (χ1v) is 5.88. The van der Waals surface area contributed by atoms with E-state index in [1.165, 1.54) is 0 Å². The summed E-state index contributed by atoms with van der Waals surface area (Å²) in [6.07, 6.45) is 0.925. The fourth-order valence-electron chi connectivity index (χ4n) is 1.67. The van der Waals surface area contributed by atoms with Crippen LogP contribution in [-0.2, 0) is 0 Å². The molecular formula is C15H17NO. The molecule has 2 N–H and O–H groups in total. The molecule has 2 aromatic carbocycles. The van der Waals surface area contributed by atoms with Crippen molar-refractivity contribution in [2.75, 3.05) is 0 Å². The van der Waals surface area contributed by atoms with E-state index in [2.05, 4.69) is 6.92 Å². The number of nitrogens with two attached hydrogens (primary N) is 1. The number of para-hydroxylation sites is 1. The van der Waals surface area contributed by atoms with Crippen molar-refractivity contribution >= 4 is 0 Å². The molecule has 0 aliphatic rings. The van der Waals surface area contributed by atoms with Gasteiger partial charge in [0, 0.05) is 6.04 Å². The topological polar surface area (TPSA) is 35.2 Å². The van der Waals surface area contributed by atoms with Crippen molar-refractivity contribution in [3.05, 3.63) is 60.2 Å². The summed E-state index contributed by atoms with van der Waals surface area (Å²) in [4.78, 5) is 0. The van der Waals surface area contributed by atoms with Crippen molar-refractivity contribution in [2.24, 2.45) is 5.73 Å². The molecule has 1 atom stereocenters. The second-order valence-electron chi connectivity index (χ2n) is 4.00. The van der Waals surface area contributed by atoms with E-state index in [1.54, 1.807) is 0 Å². The van der Waals surface area contributed by atoms with Gasteiger partial charge in [-0.2, -0.15) is 0 Å². The van der Waals surface area contributed by atoms with Crippen molar-refractivity contribution in [2.45, 2.75) is 19.4 Å².